The number of carbonyl (C=O) groups excluding carboxylic acids is 1. The number of rotatable bonds is 5. The van der Waals surface area contributed by atoms with Crippen LogP contribution in [0.4, 0.5) is 0 Å². The maximum absolute atomic E-state index is 11.6. The Hall–Kier alpha value is -0.870. The molecule has 18 heavy (non-hydrogen) atoms. The first-order valence-corrected chi connectivity index (χ1v) is 6.81. The first kappa shape index (κ1) is 15.2. The third-order valence-corrected chi connectivity index (χ3v) is 3.76. The van der Waals surface area contributed by atoms with Gasteiger partial charge in [-0.15, -0.1) is 0 Å². The fourth-order valence-electron chi connectivity index (χ4n) is 1.76. The van der Waals surface area contributed by atoms with Crippen molar-refractivity contribution in [1.29, 1.82) is 0 Å². The minimum absolute atomic E-state index is 0.203. The van der Waals surface area contributed by atoms with E-state index in [1.54, 1.807) is 0 Å². The summed E-state index contributed by atoms with van der Waals surface area (Å²) in [6.07, 6.45) is 0. The van der Waals surface area contributed by atoms with Crippen LogP contribution in [-0.4, -0.2) is 19.1 Å². The maximum atomic E-state index is 11.6. The molecule has 0 saturated heterocycles. The van der Waals surface area contributed by atoms with E-state index in [2.05, 4.69) is 27.3 Å². The fourth-order valence-corrected chi connectivity index (χ4v) is 2.01. The predicted octanol–water partition coefficient (Wildman–Crippen LogP) is 3.04. The topological polar surface area (TPSA) is 38.3 Å². The summed E-state index contributed by atoms with van der Waals surface area (Å²) in [7, 11) is 1.42. The van der Waals surface area contributed by atoms with Gasteiger partial charge in [0.2, 0.25) is 0 Å². The molecule has 0 amide bonds. The van der Waals surface area contributed by atoms with Gasteiger partial charge in [0.25, 0.3) is 0 Å². The standard InChI is InChI=1S/C14H20BrNO2/c1-9(2)13(14(17)18-4)16-8-11-5-6-12(15)10(3)7-11/h5-7,9,13,16H,8H2,1-4H3. The first-order chi connectivity index (χ1) is 8.45. The van der Waals surface area contributed by atoms with Crippen LogP contribution >= 0.6 is 15.9 Å². The summed E-state index contributed by atoms with van der Waals surface area (Å²) < 4.78 is 5.89. The van der Waals surface area contributed by atoms with Crippen molar-refractivity contribution in [3.05, 3.63) is 33.8 Å². The van der Waals surface area contributed by atoms with Crippen LogP contribution in [0.15, 0.2) is 22.7 Å². The van der Waals surface area contributed by atoms with Crippen molar-refractivity contribution in [2.24, 2.45) is 5.92 Å². The highest BCUT2D eigenvalue weighted by Crippen LogP contribution is 2.17. The maximum Gasteiger partial charge on any atom is 0.323 e. The molecule has 0 fully saturated rings. The van der Waals surface area contributed by atoms with E-state index >= 15 is 0 Å². The van der Waals surface area contributed by atoms with Crippen LogP contribution in [0.2, 0.25) is 0 Å². The Morgan fingerprint density at radius 3 is 2.61 bits per heavy atom. The summed E-state index contributed by atoms with van der Waals surface area (Å²) in [5, 5.41) is 3.24. The summed E-state index contributed by atoms with van der Waals surface area (Å²) in [5.41, 5.74) is 2.35. The lowest BCUT2D eigenvalue weighted by molar-refractivity contribution is -0.144. The van der Waals surface area contributed by atoms with Crippen molar-refractivity contribution in [3.63, 3.8) is 0 Å². The number of aryl methyl sites for hydroxylation is 1. The highest BCUT2D eigenvalue weighted by molar-refractivity contribution is 9.10. The van der Waals surface area contributed by atoms with E-state index in [4.69, 9.17) is 4.74 Å². The molecule has 1 N–H and O–H groups in total. The molecule has 3 nitrogen and oxygen atoms in total. The lowest BCUT2D eigenvalue weighted by Gasteiger charge is -2.20. The van der Waals surface area contributed by atoms with E-state index in [9.17, 15) is 4.79 Å². The average Bonchev–Trinajstić information content (AvgIpc) is 2.33. The quantitative estimate of drug-likeness (QED) is 0.849. The zero-order chi connectivity index (χ0) is 13.7. The van der Waals surface area contributed by atoms with Crippen LogP contribution in [0.3, 0.4) is 0 Å². The Morgan fingerprint density at radius 1 is 1.44 bits per heavy atom. The number of esters is 1. The number of ether oxygens (including phenoxy) is 1. The molecule has 4 heteroatoms. The summed E-state index contributed by atoms with van der Waals surface area (Å²) in [6.45, 7) is 6.71. The number of methoxy groups -OCH3 is 1. The van der Waals surface area contributed by atoms with Crippen molar-refractivity contribution in [3.8, 4) is 0 Å². The van der Waals surface area contributed by atoms with Crippen LogP contribution in [0.5, 0.6) is 0 Å². The SMILES string of the molecule is COC(=O)C(NCc1ccc(Br)c(C)c1)C(C)C. The van der Waals surface area contributed by atoms with Gasteiger partial charge in [-0.3, -0.25) is 4.79 Å². The first-order valence-electron chi connectivity index (χ1n) is 6.02. The normalized spacial score (nSPS) is 12.6. The monoisotopic (exact) mass is 313 g/mol. The number of halogens is 1. The van der Waals surface area contributed by atoms with Gasteiger partial charge in [-0.05, 0) is 30.0 Å². The molecule has 0 spiro atoms. The Bertz CT molecular complexity index is 418. The summed E-state index contributed by atoms with van der Waals surface area (Å²) in [5.74, 6) is -0.00664. The molecule has 0 aliphatic rings. The Kier molecular flexibility index (Phi) is 5.82. The smallest absolute Gasteiger partial charge is 0.323 e. The molecule has 1 rings (SSSR count). The van der Waals surface area contributed by atoms with E-state index in [1.807, 2.05) is 32.9 Å². The minimum atomic E-state index is -0.265. The van der Waals surface area contributed by atoms with Crippen molar-refractivity contribution >= 4 is 21.9 Å². The summed E-state index contributed by atoms with van der Waals surface area (Å²) >= 11 is 3.47. The predicted molar refractivity (Wildman–Crippen MR) is 76.4 cm³/mol. The van der Waals surface area contributed by atoms with E-state index in [0.717, 1.165) is 10.0 Å². The highest BCUT2D eigenvalue weighted by Gasteiger charge is 2.21. The molecule has 1 aromatic rings. The second kappa shape index (κ2) is 6.90. The molecule has 1 atom stereocenters. The molecule has 1 unspecified atom stereocenters. The lowest BCUT2D eigenvalue weighted by Crippen LogP contribution is -2.41. The highest BCUT2D eigenvalue weighted by atomic mass is 79.9. The van der Waals surface area contributed by atoms with Gasteiger partial charge in [-0.2, -0.15) is 0 Å². The van der Waals surface area contributed by atoms with Crippen LogP contribution in [0, 0.1) is 12.8 Å². The summed E-state index contributed by atoms with van der Waals surface area (Å²) in [4.78, 5) is 11.6. The zero-order valence-electron chi connectivity index (χ0n) is 11.3. The van der Waals surface area contributed by atoms with Gasteiger partial charge in [0.05, 0.1) is 7.11 Å². The van der Waals surface area contributed by atoms with Crippen molar-refractivity contribution in [2.75, 3.05) is 7.11 Å². The van der Waals surface area contributed by atoms with Gasteiger partial charge in [0.1, 0.15) is 6.04 Å². The minimum Gasteiger partial charge on any atom is -0.468 e. The van der Waals surface area contributed by atoms with Gasteiger partial charge in [-0.1, -0.05) is 41.9 Å². The number of carbonyl (C=O) groups is 1. The molecule has 0 bridgehead atoms. The molecule has 0 aromatic heterocycles. The van der Waals surface area contributed by atoms with E-state index in [0.29, 0.717) is 6.54 Å². The van der Waals surface area contributed by atoms with Gasteiger partial charge < -0.3 is 10.1 Å². The molecule has 100 valence electrons. The third-order valence-electron chi connectivity index (χ3n) is 2.87. The van der Waals surface area contributed by atoms with Gasteiger partial charge in [0.15, 0.2) is 0 Å². The van der Waals surface area contributed by atoms with Gasteiger partial charge in [0, 0.05) is 11.0 Å². The number of hydrogen-bond acceptors (Lipinski definition) is 3. The number of benzene rings is 1. The Labute approximate surface area is 117 Å². The molecule has 0 heterocycles. The molecule has 1 aromatic carbocycles. The Morgan fingerprint density at radius 2 is 2.11 bits per heavy atom. The second-order valence-electron chi connectivity index (χ2n) is 4.71. The van der Waals surface area contributed by atoms with E-state index < -0.39 is 0 Å². The van der Waals surface area contributed by atoms with Gasteiger partial charge in [-0.25, -0.2) is 0 Å². The fraction of sp³-hybridized carbons (Fsp3) is 0.500. The van der Waals surface area contributed by atoms with E-state index in [1.165, 1.54) is 12.7 Å². The summed E-state index contributed by atoms with van der Waals surface area (Å²) in [6, 6.07) is 5.90. The molecule has 0 aliphatic carbocycles. The Balaban J connectivity index is 2.67. The number of hydrogen-bond donors (Lipinski definition) is 1. The second-order valence-corrected chi connectivity index (χ2v) is 5.56. The van der Waals surface area contributed by atoms with Crippen molar-refractivity contribution in [1.82, 2.24) is 5.32 Å². The average molecular weight is 314 g/mol. The van der Waals surface area contributed by atoms with Gasteiger partial charge >= 0.3 is 5.97 Å². The molecule has 0 saturated carbocycles. The van der Waals surface area contributed by atoms with Crippen LogP contribution in [0.25, 0.3) is 0 Å². The van der Waals surface area contributed by atoms with Crippen molar-refractivity contribution < 1.29 is 9.53 Å². The molecule has 0 radical (unpaired) electrons. The van der Waals surface area contributed by atoms with Crippen LogP contribution in [-0.2, 0) is 16.1 Å². The number of nitrogens with one attached hydrogen (secondary N) is 1. The molecule has 0 aliphatic heterocycles. The van der Waals surface area contributed by atoms with Crippen LogP contribution < -0.4 is 5.32 Å². The lowest BCUT2D eigenvalue weighted by atomic mass is 10.0. The molecular weight excluding hydrogens is 294 g/mol. The third kappa shape index (κ3) is 4.10. The largest absolute Gasteiger partial charge is 0.468 e. The zero-order valence-corrected chi connectivity index (χ0v) is 12.9. The molecular formula is C14H20BrNO2. The van der Waals surface area contributed by atoms with E-state index in [-0.39, 0.29) is 17.9 Å². The van der Waals surface area contributed by atoms with Crippen molar-refractivity contribution in [2.45, 2.75) is 33.4 Å². The van der Waals surface area contributed by atoms with Crippen LogP contribution in [0.1, 0.15) is 25.0 Å².